The molecule has 0 aliphatic carbocycles. The number of carbonyl (C=O) groups is 1. The lowest BCUT2D eigenvalue weighted by Gasteiger charge is -2.24. The Balaban J connectivity index is 2.00. The molecule has 0 unspecified atom stereocenters. The predicted octanol–water partition coefficient (Wildman–Crippen LogP) is 4.92. The van der Waals surface area contributed by atoms with Gasteiger partial charge in [0, 0.05) is 22.7 Å². The van der Waals surface area contributed by atoms with Crippen LogP contribution >= 0.6 is 0 Å². The van der Waals surface area contributed by atoms with E-state index >= 15 is 0 Å². The molecule has 1 atom stereocenters. The largest absolute Gasteiger partial charge is 0.444 e. The monoisotopic (exact) mass is 340 g/mol. The first-order valence-electron chi connectivity index (χ1n) is 8.14. The van der Waals surface area contributed by atoms with Gasteiger partial charge in [-0.25, -0.2) is 9.18 Å². The van der Waals surface area contributed by atoms with E-state index in [-0.39, 0.29) is 5.82 Å². The number of amides is 1. The van der Waals surface area contributed by atoms with Crippen LogP contribution in [0, 0.1) is 5.82 Å². The van der Waals surface area contributed by atoms with Crippen LogP contribution in [0.2, 0.25) is 0 Å². The van der Waals surface area contributed by atoms with Crippen molar-refractivity contribution in [2.75, 3.05) is 0 Å². The van der Waals surface area contributed by atoms with E-state index in [1.165, 1.54) is 12.1 Å². The van der Waals surface area contributed by atoms with Gasteiger partial charge in [-0.05, 0) is 44.5 Å². The van der Waals surface area contributed by atoms with Crippen molar-refractivity contribution in [1.82, 2.24) is 10.3 Å². The summed E-state index contributed by atoms with van der Waals surface area (Å²) in [5, 5.41) is 3.89. The number of carbonyl (C=O) groups excluding carboxylic acids is 1. The predicted molar refractivity (Wildman–Crippen MR) is 95.9 cm³/mol. The molecule has 2 aromatic carbocycles. The van der Waals surface area contributed by atoms with Crippen LogP contribution in [-0.4, -0.2) is 16.7 Å². The molecule has 0 radical (unpaired) electrons. The summed E-state index contributed by atoms with van der Waals surface area (Å²) in [6.45, 7) is 5.43. The van der Waals surface area contributed by atoms with Crippen molar-refractivity contribution in [3.05, 3.63) is 71.7 Å². The zero-order valence-electron chi connectivity index (χ0n) is 14.5. The van der Waals surface area contributed by atoms with E-state index in [2.05, 4.69) is 10.3 Å². The van der Waals surface area contributed by atoms with Gasteiger partial charge in [0.2, 0.25) is 0 Å². The number of ether oxygens (including phenoxy) is 1. The molecule has 0 saturated heterocycles. The molecule has 3 aromatic rings. The molecule has 4 nitrogen and oxygen atoms in total. The summed E-state index contributed by atoms with van der Waals surface area (Å²) in [5.41, 5.74) is 2.04. The molecule has 5 heteroatoms. The zero-order chi connectivity index (χ0) is 18.0. The summed E-state index contributed by atoms with van der Waals surface area (Å²) >= 11 is 0. The summed E-state index contributed by atoms with van der Waals surface area (Å²) in [6, 6.07) is 13.5. The van der Waals surface area contributed by atoms with Crippen molar-refractivity contribution < 1.29 is 13.9 Å². The minimum atomic E-state index is -0.600. The van der Waals surface area contributed by atoms with Gasteiger partial charge >= 0.3 is 6.09 Å². The highest BCUT2D eigenvalue weighted by Gasteiger charge is 2.23. The molecule has 25 heavy (non-hydrogen) atoms. The molecule has 1 aromatic heterocycles. The van der Waals surface area contributed by atoms with Crippen LogP contribution in [0.3, 0.4) is 0 Å². The molecule has 0 fully saturated rings. The van der Waals surface area contributed by atoms with Gasteiger partial charge in [-0.2, -0.15) is 0 Å². The highest BCUT2D eigenvalue weighted by molar-refractivity contribution is 5.84. The smallest absolute Gasteiger partial charge is 0.408 e. The number of benzene rings is 2. The third kappa shape index (κ3) is 3.99. The Morgan fingerprint density at radius 2 is 1.80 bits per heavy atom. The fourth-order valence-corrected chi connectivity index (χ4v) is 2.75. The summed E-state index contributed by atoms with van der Waals surface area (Å²) in [5.74, 6) is -0.321. The molecule has 0 spiro atoms. The number of fused-ring (bicyclic) bond motifs is 1. The van der Waals surface area contributed by atoms with E-state index in [0.29, 0.717) is 0 Å². The van der Waals surface area contributed by atoms with Crippen LogP contribution in [0.5, 0.6) is 0 Å². The fraction of sp³-hybridized carbons (Fsp3) is 0.250. The second kappa shape index (κ2) is 6.59. The van der Waals surface area contributed by atoms with Gasteiger partial charge in [0.05, 0.1) is 6.04 Å². The first-order chi connectivity index (χ1) is 11.8. The topological polar surface area (TPSA) is 54.1 Å². The summed E-state index contributed by atoms with van der Waals surface area (Å²) in [4.78, 5) is 15.5. The maximum Gasteiger partial charge on any atom is 0.408 e. The average molecular weight is 340 g/mol. The second-order valence-electron chi connectivity index (χ2n) is 6.92. The van der Waals surface area contributed by atoms with Gasteiger partial charge in [0.25, 0.3) is 0 Å². The Bertz CT molecular complexity index is 879. The molecule has 0 saturated carbocycles. The number of hydrogen-bond donors (Lipinski definition) is 2. The van der Waals surface area contributed by atoms with Crippen molar-refractivity contribution >= 4 is 17.0 Å². The Morgan fingerprint density at radius 3 is 2.48 bits per heavy atom. The van der Waals surface area contributed by atoms with E-state index in [9.17, 15) is 9.18 Å². The Kier molecular flexibility index (Phi) is 4.49. The van der Waals surface area contributed by atoms with Crippen LogP contribution < -0.4 is 5.32 Å². The maximum absolute atomic E-state index is 13.3. The van der Waals surface area contributed by atoms with Crippen molar-refractivity contribution in [2.45, 2.75) is 32.4 Å². The van der Waals surface area contributed by atoms with E-state index in [1.807, 2.05) is 51.2 Å². The number of para-hydroxylation sites is 1. The number of halogens is 1. The average Bonchev–Trinajstić information content (AvgIpc) is 2.96. The normalized spacial score (nSPS) is 12.8. The molecular formula is C20H21FN2O2. The van der Waals surface area contributed by atoms with Crippen LogP contribution in [-0.2, 0) is 4.74 Å². The van der Waals surface area contributed by atoms with Gasteiger partial charge in [-0.1, -0.05) is 30.3 Å². The van der Waals surface area contributed by atoms with Crippen LogP contribution in [0.15, 0.2) is 54.7 Å². The van der Waals surface area contributed by atoms with E-state index in [4.69, 9.17) is 4.74 Å². The van der Waals surface area contributed by atoms with Crippen LogP contribution in [0.4, 0.5) is 9.18 Å². The second-order valence-corrected chi connectivity index (χ2v) is 6.92. The Morgan fingerprint density at radius 1 is 1.12 bits per heavy atom. The lowest BCUT2D eigenvalue weighted by Crippen LogP contribution is -2.35. The third-order valence-corrected chi connectivity index (χ3v) is 3.80. The minimum Gasteiger partial charge on any atom is -0.444 e. The molecule has 0 aliphatic rings. The van der Waals surface area contributed by atoms with E-state index in [0.717, 1.165) is 22.0 Å². The molecule has 2 N–H and O–H groups in total. The summed E-state index contributed by atoms with van der Waals surface area (Å²) < 4.78 is 18.7. The molecule has 1 amide bonds. The number of alkyl carbamates (subject to hydrolysis) is 1. The maximum atomic E-state index is 13.3. The molecule has 3 rings (SSSR count). The molecule has 0 bridgehead atoms. The lowest BCUT2D eigenvalue weighted by atomic mass is 9.98. The standard InChI is InChI=1S/C20H21FN2O2/c1-20(2,3)25-19(24)23-18(13-8-10-14(21)11-9-13)16-12-22-17-7-5-4-6-15(16)17/h4-12,18,22H,1-3H3,(H,23,24)/t18-/m0/s1. The number of nitrogens with one attached hydrogen (secondary N) is 2. The van der Waals surface area contributed by atoms with Crippen LogP contribution in [0.25, 0.3) is 10.9 Å². The first kappa shape index (κ1) is 17.0. The summed E-state index contributed by atoms with van der Waals surface area (Å²) in [6.07, 6.45) is 1.34. The highest BCUT2D eigenvalue weighted by atomic mass is 19.1. The van der Waals surface area contributed by atoms with Crippen molar-refractivity contribution in [2.24, 2.45) is 0 Å². The molecule has 130 valence electrons. The quantitative estimate of drug-likeness (QED) is 0.711. The first-order valence-corrected chi connectivity index (χ1v) is 8.14. The molecule has 0 aliphatic heterocycles. The minimum absolute atomic E-state index is 0.321. The van der Waals surface area contributed by atoms with Gasteiger partial charge < -0.3 is 15.0 Å². The molecule has 1 heterocycles. The number of H-pyrrole nitrogens is 1. The van der Waals surface area contributed by atoms with Gasteiger partial charge in [-0.3, -0.25) is 0 Å². The van der Waals surface area contributed by atoms with E-state index in [1.54, 1.807) is 12.1 Å². The highest BCUT2D eigenvalue weighted by Crippen LogP contribution is 2.29. The van der Waals surface area contributed by atoms with E-state index < -0.39 is 17.7 Å². The van der Waals surface area contributed by atoms with Crippen molar-refractivity contribution in [3.8, 4) is 0 Å². The third-order valence-electron chi connectivity index (χ3n) is 3.80. The fourth-order valence-electron chi connectivity index (χ4n) is 2.75. The van der Waals surface area contributed by atoms with Gasteiger partial charge in [0.15, 0.2) is 0 Å². The van der Waals surface area contributed by atoms with Gasteiger partial charge in [-0.15, -0.1) is 0 Å². The summed E-state index contributed by atoms with van der Waals surface area (Å²) in [7, 11) is 0. The number of aromatic nitrogens is 1. The Labute approximate surface area is 146 Å². The Hall–Kier alpha value is -2.82. The van der Waals surface area contributed by atoms with Gasteiger partial charge in [0.1, 0.15) is 11.4 Å². The zero-order valence-corrected chi connectivity index (χ0v) is 14.5. The number of aromatic amines is 1. The van der Waals surface area contributed by atoms with Crippen molar-refractivity contribution in [3.63, 3.8) is 0 Å². The number of hydrogen-bond acceptors (Lipinski definition) is 2. The lowest BCUT2D eigenvalue weighted by molar-refractivity contribution is 0.0512. The van der Waals surface area contributed by atoms with Crippen LogP contribution in [0.1, 0.15) is 37.9 Å². The molecular weight excluding hydrogens is 319 g/mol. The SMILES string of the molecule is CC(C)(C)OC(=O)N[C@@H](c1ccc(F)cc1)c1c[nH]c2ccccc12. The van der Waals surface area contributed by atoms with Crippen molar-refractivity contribution in [1.29, 1.82) is 0 Å². The number of rotatable bonds is 3.